The van der Waals surface area contributed by atoms with Gasteiger partial charge in [0.1, 0.15) is 13.6 Å². The minimum Gasteiger partial charge on any atom is -0.307 e. The normalized spacial score (nSPS) is 17.6. The molecule has 1 amide bonds. The first-order chi connectivity index (χ1) is 15.0. The van der Waals surface area contributed by atoms with Gasteiger partial charge in [0.2, 0.25) is 0 Å². The molecule has 7 heteroatoms. The van der Waals surface area contributed by atoms with Gasteiger partial charge in [-0.1, -0.05) is 71.1 Å². The molecule has 31 heavy (non-hydrogen) atoms. The summed E-state index contributed by atoms with van der Waals surface area (Å²) in [6.07, 6.45) is 1.32. The van der Waals surface area contributed by atoms with E-state index in [0.717, 1.165) is 17.7 Å². The fourth-order valence-corrected chi connectivity index (χ4v) is 4.71. The molecule has 3 aromatic carbocycles. The quantitative estimate of drug-likeness (QED) is 0.548. The van der Waals surface area contributed by atoms with Crippen LogP contribution in [0.1, 0.15) is 23.6 Å². The number of amides is 1. The van der Waals surface area contributed by atoms with Crippen molar-refractivity contribution in [3.05, 3.63) is 87.9 Å². The Labute approximate surface area is 192 Å². The average molecular weight is 446 g/mol. The van der Waals surface area contributed by atoms with Crippen LogP contribution in [0.15, 0.2) is 71.8 Å². The van der Waals surface area contributed by atoms with Crippen molar-refractivity contribution in [1.29, 1.82) is 0 Å². The van der Waals surface area contributed by atoms with E-state index in [-0.39, 0.29) is 11.9 Å². The van der Waals surface area contributed by atoms with Gasteiger partial charge in [0.05, 0.1) is 16.8 Å². The maximum absolute atomic E-state index is 13.5. The molecule has 0 spiro atoms. The number of rotatable bonds is 3. The Balaban J connectivity index is 1.52. The molecule has 0 aliphatic carbocycles. The minimum atomic E-state index is -0.170. The van der Waals surface area contributed by atoms with E-state index in [9.17, 15) is 4.79 Å². The lowest BCUT2D eigenvalue weighted by Gasteiger charge is -2.25. The van der Waals surface area contributed by atoms with Crippen LogP contribution in [-0.4, -0.2) is 26.0 Å². The molecular formula is C24H18BCl2N3O. The second kappa shape index (κ2) is 8.06. The molecule has 2 aliphatic rings. The smallest absolute Gasteiger partial charge is 0.274 e. The molecule has 0 saturated heterocycles. The van der Waals surface area contributed by atoms with E-state index in [0.29, 0.717) is 39.9 Å². The molecule has 1 atom stereocenters. The van der Waals surface area contributed by atoms with Crippen molar-refractivity contribution in [2.75, 3.05) is 16.5 Å². The lowest BCUT2D eigenvalue weighted by molar-refractivity contribution is -0.112. The van der Waals surface area contributed by atoms with Gasteiger partial charge < -0.3 is 4.90 Å². The Morgan fingerprint density at radius 1 is 1.00 bits per heavy atom. The fourth-order valence-electron chi connectivity index (χ4n) is 4.21. The van der Waals surface area contributed by atoms with Gasteiger partial charge in [-0.3, -0.25) is 9.80 Å². The van der Waals surface area contributed by atoms with Crippen molar-refractivity contribution in [2.24, 2.45) is 5.10 Å². The van der Waals surface area contributed by atoms with E-state index in [2.05, 4.69) is 6.07 Å². The zero-order valence-corrected chi connectivity index (χ0v) is 18.1. The van der Waals surface area contributed by atoms with Crippen LogP contribution in [0, 0.1) is 0 Å². The van der Waals surface area contributed by atoms with Crippen molar-refractivity contribution < 1.29 is 4.79 Å². The molecule has 2 radical (unpaired) electrons. The summed E-state index contributed by atoms with van der Waals surface area (Å²) in [6, 6.07) is 20.8. The first kappa shape index (κ1) is 20.2. The molecule has 152 valence electrons. The molecule has 0 fully saturated rings. The molecule has 0 saturated carbocycles. The standard InChI is InChI=1S/C24H18BCl2N3O/c25-17-7-5-16(6-8-17)23-14-20(28-30(23)22-10-9-18(26)13-19(22)27)24(31)29-12-11-15-3-1-2-4-21(15)29/h1-10,13,23H,11-12,14H2. The van der Waals surface area contributed by atoms with E-state index in [4.69, 9.17) is 36.1 Å². The van der Waals surface area contributed by atoms with Crippen LogP contribution in [-0.2, 0) is 11.2 Å². The molecule has 4 nitrogen and oxygen atoms in total. The Kier molecular flexibility index (Phi) is 5.24. The highest BCUT2D eigenvalue weighted by molar-refractivity contribution is 6.45. The van der Waals surface area contributed by atoms with Crippen molar-refractivity contribution >= 4 is 59.5 Å². The van der Waals surface area contributed by atoms with Gasteiger partial charge in [-0.15, -0.1) is 0 Å². The van der Waals surface area contributed by atoms with E-state index in [1.165, 1.54) is 5.56 Å². The molecule has 0 bridgehead atoms. The van der Waals surface area contributed by atoms with E-state index < -0.39 is 0 Å². The van der Waals surface area contributed by atoms with E-state index >= 15 is 0 Å². The average Bonchev–Trinajstić information content (AvgIpc) is 3.39. The third-order valence-electron chi connectivity index (χ3n) is 5.77. The van der Waals surface area contributed by atoms with Gasteiger partial charge >= 0.3 is 0 Å². The monoisotopic (exact) mass is 445 g/mol. The predicted octanol–water partition coefficient (Wildman–Crippen LogP) is 4.68. The van der Waals surface area contributed by atoms with Crippen LogP contribution < -0.4 is 15.4 Å². The Bertz CT molecular complexity index is 1200. The first-order valence-corrected chi connectivity index (χ1v) is 10.8. The zero-order valence-electron chi connectivity index (χ0n) is 16.6. The number of nitrogens with zero attached hydrogens (tertiary/aromatic N) is 3. The van der Waals surface area contributed by atoms with Gasteiger partial charge in [-0.05, 0) is 41.8 Å². The molecule has 3 aromatic rings. The SMILES string of the molecule is [B]c1ccc(C2CC(C(=O)N3CCc4ccccc43)=NN2c2ccc(Cl)cc2Cl)cc1. The molecule has 5 rings (SSSR count). The predicted molar refractivity (Wildman–Crippen MR) is 128 cm³/mol. The highest BCUT2D eigenvalue weighted by Crippen LogP contribution is 2.40. The highest BCUT2D eigenvalue weighted by atomic mass is 35.5. The number of benzene rings is 3. The summed E-state index contributed by atoms with van der Waals surface area (Å²) in [7, 11) is 5.88. The van der Waals surface area contributed by atoms with Crippen LogP contribution in [0.25, 0.3) is 0 Å². The minimum absolute atomic E-state index is 0.0713. The summed E-state index contributed by atoms with van der Waals surface area (Å²) in [5, 5.41) is 7.60. The van der Waals surface area contributed by atoms with Gasteiger partial charge in [-0.25, -0.2) is 0 Å². The molecule has 2 aliphatic heterocycles. The number of anilines is 2. The van der Waals surface area contributed by atoms with Crippen molar-refractivity contribution in [3.8, 4) is 0 Å². The molecule has 2 heterocycles. The largest absolute Gasteiger partial charge is 0.307 e. The topological polar surface area (TPSA) is 35.9 Å². The van der Waals surface area contributed by atoms with E-state index in [1.807, 2.05) is 58.4 Å². The second-order valence-corrected chi connectivity index (χ2v) is 8.55. The van der Waals surface area contributed by atoms with Crippen LogP contribution in [0.2, 0.25) is 10.0 Å². The number of hydrazone groups is 1. The number of carbonyl (C=O) groups is 1. The van der Waals surface area contributed by atoms with Gasteiger partial charge in [0.15, 0.2) is 0 Å². The summed E-state index contributed by atoms with van der Waals surface area (Å²) < 4.78 is 0. The molecule has 0 aromatic heterocycles. The van der Waals surface area contributed by atoms with Crippen molar-refractivity contribution in [3.63, 3.8) is 0 Å². The van der Waals surface area contributed by atoms with Crippen LogP contribution in [0.4, 0.5) is 11.4 Å². The van der Waals surface area contributed by atoms with Crippen LogP contribution >= 0.6 is 23.2 Å². The van der Waals surface area contributed by atoms with Gasteiger partial charge in [0.25, 0.3) is 5.91 Å². The highest BCUT2D eigenvalue weighted by Gasteiger charge is 2.36. The number of carbonyl (C=O) groups excluding carboxylic acids is 1. The maximum atomic E-state index is 13.5. The summed E-state index contributed by atoms with van der Waals surface area (Å²) in [6.45, 7) is 0.658. The summed E-state index contributed by atoms with van der Waals surface area (Å²) in [5.41, 5.74) is 5.05. The summed E-state index contributed by atoms with van der Waals surface area (Å²) in [5.74, 6) is -0.0713. The number of para-hydroxylation sites is 1. The Morgan fingerprint density at radius 2 is 1.77 bits per heavy atom. The van der Waals surface area contributed by atoms with Crippen LogP contribution in [0.3, 0.4) is 0 Å². The first-order valence-electron chi connectivity index (χ1n) is 10.1. The summed E-state index contributed by atoms with van der Waals surface area (Å²) >= 11 is 12.6. The third-order valence-corrected chi connectivity index (χ3v) is 6.31. The number of hydrogen-bond acceptors (Lipinski definition) is 3. The van der Waals surface area contributed by atoms with Crippen molar-refractivity contribution in [2.45, 2.75) is 18.9 Å². The fraction of sp³-hybridized carbons (Fsp3) is 0.167. The third kappa shape index (κ3) is 3.73. The lowest BCUT2D eigenvalue weighted by Crippen LogP contribution is -2.34. The van der Waals surface area contributed by atoms with Crippen LogP contribution in [0.5, 0.6) is 0 Å². The molecular weight excluding hydrogens is 428 g/mol. The van der Waals surface area contributed by atoms with Gasteiger partial charge in [0, 0.05) is 23.7 Å². The zero-order chi connectivity index (χ0) is 21.5. The lowest BCUT2D eigenvalue weighted by atomic mass is 9.92. The number of halogens is 2. The Morgan fingerprint density at radius 3 is 2.55 bits per heavy atom. The maximum Gasteiger partial charge on any atom is 0.274 e. The molecule has 0 N–H and O–H groups in total. The van der Waals surface area contributed by atoms with Gasteiger partial charge in [-0.2, -0.15) is 5.10 Å². The number of fused-ring (bicyclic) bond motifs is 1. The Hall–Kier alpha value is -2.76. The van der Waals surface area contributed by atoms with Crippen molar-refractivity contribution in [1.82, 2.24) is 0 Å². The van der Waals surface area contributed by atoms with E-state index in [1.54, 1.807) is 12.1 Å². The summed E-state index contributed by atoms with van der Waals surface area (Å²) in [4.78, 5) is 15.3. The molecule has 1 unspecified atom stereocenters. The second-order valence-electron chi connectivity index (χ2n) is 7.71. The number of hydrogen-bond donors (Lipinski definition) is 0.